The molecule has 1 aromatic rings. The number of halogens is 1. The fourth-order valence-electron chi connectivity index (χ4n) is 2.72. The third kappa shape index (κ3) is 3.63. The van der Waals surface area contributed by atoms with E-state index < -0.39 is 0 Å². The van der Waals surface area contributed by atoms with Crippen LogP contribution in [0.2, 0.25) is 0 Å². The maximum Gasteiger partial charge on any atom is 0.136 e. The SMILES string of the molecule is COc1cc(OC)c(CN2CCC[C@H](C)C2)cc1Br. The maximum absolute atomic E-state index is 5.48. The molecule has 0 amide bonds. The minimum absolute atomic E-state index is 0.793. The normalized spacial score (nSPS) is 20.3. The Morgan fingerprint density at radius 2 is 2.00 bits per heavy atom. The average Bonchev–Trinajstić information content (AvgIpc) is 2.39. The highest BCUT2D eigenvalue weighted by atomic mass is 79.9. The van der Waals surface area contributed by atoms with Crippen LogP contribution in [0.5, 0.6) is 11.5 Å². The zero-order valence-electron chi connectivity index (χ0n) is 11.9. The summed E-state index contributed by atoms with van der Waals surface area (Å²) in [5.74, 6) is 2.51. The zero-order valence-corrected chi connectivity index (χ0v) is 13.5. The predicted molar refractivity (Wildman–Crippen MR) is 80.9 cm³/mol. The van der Waals surface area contributed by atoms with Crippen molar-refractivity contribution in [3.63, 3.8) is 0 Å². The highest BCUT2D eigenvalue weighted by Gasteiger charge is 2.18. The summed E-state index contributed by atoms with van der Waals surface area (Å²) in [4.78, 5) is 2.50. The molecule has 19 heavy (non-hydrogen) atoms. The van der Waals surface area contributed by atoms with Crippen LogP contribution >= 0.6 is 15.9 Å². The number of ether oxygens (including phenoxy) is 2. The molecule has 1 fully saturated rings. The first kappa shape index (κ1) is 14.7. The van der Waals surface area contributed by atoms with Crippen LogP contribution in [0.3, 0.4) is 0 Å². The molecule has 106 valence electrons. The fraction of sp³-hybridized carbons (Fsp3) is 0.600. The standard InChI is InChI=1S/C15H22BrNO2/c1-11-5-4-6-17(9-11)10-12-7-13(16)15(19-3)8-14(12)18-2/h7-8,11H,4-6,9-10H2,1-3H3/t11-/m0/s1. The summed E-state index contributed by atoms with van der Waals surface area (Å²) >= 11 is 3.55. The van der Waals surface area contributed by atoms with E-state index in [0.717, 1.165) is 28.4 Å². The van der Waals surface area contributed by atoms with Crippen LogP contribution in [0.4, 0.5) is 0 Å². The second-order valence-electron chi connectivity index (χ2n) is 5.28. The van der Waals surface area contributed by atoms with Gasteiger partial charge in [-0.3, -0.25) is 4.90 Å². The quantitative estimate of drug-likeness (QED) is 0.841. The van der Waals surface area contributed by atoms with Gasteiger partial charge in [0.1, 0.15) is 11.5 Å². The van der Waals surface area contributed by atoms with Crippen LogP contribution in [0.1, 0.15) is 25.3 Å². The van der Waals surface area contributed by atoms with Crippen LogP contribution < -0.4 is 9.47 Å². The van der Waals surface area contributed by atoms with Crippen LogP contribution in [-0.4, -0.2) is 32.2 Å². The Hall–Kier alpha value is -0.740. The van der Waals surface area contributed by atoms with E-state index in [1.807, 2.05) is 6.07 Å². The topological polar surface area (TPSA) is 21.7 Å². The summed E-state index contributed by atoms with van der Waals surface area (Å²) in [6.45, 7) is 5.62. The first-order valence-corrected chi connectivity index (χ1v) is 7.56. The molecule has 0 N–H and O–H groups in total. The number of likely N-dealkylation sites (tertiary alicyclic amines) is 1. The number of rotatable bonds is 4. The zero-order chi connectivity index (χ0) is 13.8. The number of nitrogens with zero attached hydrogens (tertiary/aromatic N) is 1. The first-order valence-electron chi connectivity index (χ1n) is 6.76. The van der Waals surface area contributed by atoms with Gasteiger partial charge in [-0.2, -0.15) is 0 Å². The Morgan fingerprint density at radius 1 is 1.26 bits per heavy atom. The summed E-state index contributed by atoms with van der Waals surface area (Å²) in [6, 6.07) is 4.06. The Bertz CT molecular complexity index is 436. The van der Waals surface area contributed by atoms with Crippen LogP contribution in [-0.2, 0) is 6.54 Å². The van der Waals surface area contributed by atoms with Crippen molar-refractivity contribution in [3.05, 3.63) is 22.2 Å². The van der Waals surface area contributed by atoms with Gasteiger partial charge < -0.3 is 9.47 Å². The van der Waals surface area contributed by atoms with Crippen LogP contribution in [0.15, 0.2) is 16.6 Å². The van der Waals surface area contributed by atoms with Gasteiger partial charge in [0.25, 0.3) is 0 Å². The average molecular weight is 328 g/mol. The number of hydrogen-bond donors (Lipinski definition) is 0. The highest BCUT2D eigenvalue weighted by molar-refractivity contribution is 9.10. The molecule has 0 unspecified atom stereocenters. The van der Waals surface area contributed by atoms with Gasteiger partial charge in [-0.15, -0.1) is 0 Å². The van der Waals surface area contributed by atoms with Gasteiger partial charge in [-0.25, -0.2) is 0 Å². The van der Waals surface area contributed by atoms with Gasteiger partial charge >= 0.3 is 0 Å². The van der Waals surface area contributed by atoms with Crippen LogP contribution in [0, 0.1) is 5.92 Å². The van der Waals surface area contributed by atoms with E-state index in [9.17, 15) is 0 Å². The molecule has 1 heterocycles. The molecular weight excluding hydrogens is 306 g/mol. The Morgan fingerprint density at radius 3 is 2.63 bits per heavy atom. The Labute approximate surface area is 124 Å². The van der Waals surface area contributed by atoms with Crippen molar-refractivity contribution in [2.75, 3.05) is 27.3 Å². The minimum Gasteiger partial charge on any atom is -0.496 e. The van der Waals surface area contributed by atoms with Crippen molar-refractivity contribution in [3.8, 4) is 11.5 Å². The molecule has 1 aromatic carbocycles. The molecule has 3 nitrogen and oxygen atoms in total. The molecule has 0 radical (unpaired) electrons. The fourth-order valence-corrected chi connectivity index (χ4v) is 3.27. The lowest BCUT2D eigenvalue weighted by atomic mass is 9.99. The molecule has 1 aliphatic heterocycles. The summed E-state index contributed by atoms with van der Waals surface area (Å²) in [6.07, 6.45) is 2.64. The van der Waals surface area contributed by atoms with E-state index in [0.29, 0.717) is 0 Å². The molecule has 2 rings (SSSR count). The highest BCUT2D eigenvalue weighted by Crippen LogP contribution is 2.34. The molecule has 0 bridgehead atoms. The van der Waals surface area contributed by atoms with E-state index in [4.69, 9.17) is 9.47 Å². The minimum atomic E-state index is 0.793. The van der Waals surface area contributed by atoms with E-state index in [1.54, 1.807) is 14.2 Å². The molecule has 1 aliphatic rings. The van der Waals surface area contributed by atoms with Gasteiger partial charge in [0, 0.05) is 24.7 Å². The third-order valence-electron chi connectivity index (χ3n) is 3.69. The van der Waals surface area contributed by atoms with E-state index in [2.05, 4.69) is 33.8 Å². The molecule has 0 spiro atoms. The number of benzene rings is 1. The Kier molecular flexibility index (Phi) is 5.11. The largest absolute Gasteiger partial charge is 0.496 e. The van der Waals surface area contributed by atoms with Crippen molar-refractivity contribution in [1.82, 2.24) is 4.90 Å². The number of methoxy groups -OCH3 is 2. The summed E-state index contributed by atoms with van der Waals surface area (Å²) in [7, 11) is 3.39. The van der Waals surface area contributed by atoms with Crippen LogP contribution in [0.25, 0.3) is 0 Å². The summed E-state index contributed by atoms with van der Waals surface area (Å²) in [5.41, 5.74) is 1.21. The third-order valence-corrected chi connectivity index (χ3v) is 4.31. The van der Waals surface area contributed by atoms with Gasteiger partial charge in [0.2, 0.25) is 0 Å². The number of piperidine rings is 1. The molecule has 1 atom stereocenters. The van der Waals surface area contributed by atoms with E-state index >= 15 is 0 Å². The lowest BCUT2D eigenvalue weighted by molar-refractivity contribution is 0.175. The molecule has 4 heteroatoms. The van der Waals surface area contributed by atoms with E-state index in [1.165, 1.54) is 31.5 Å². The van der Waals surface area contributed by atoms with Crippen molar-refractivity contribution in [2.24, 2.45) is 5.92 Å². The van der Waals surface area contributed by atoms with Crippen molar-refractivity contribution < 1.29 is 9.47 Å². The van der Waals surface area contributed by atoms with E-state index in [-0.39, 0.29) is 0 Å². The van der Waals surface area contributed by atoms with Gasteiger partial charge in [-0.1, -0.05) is 6.92 Å². The second kappa shape index (κ2) is 6.62. The van der Waals surface area contributed by atoms with Crippen molar-refractivity contribution in [1.29, 1.82) is 0 Å². The predicted octanol–water partition coefficient (Wildman–Crippen LogP) is 3.70. The van der Waals surface area contributed by atoms with Gasteiger partial charge in [-0.05, 0) is 47.3 Å². The lowest BCUT2D eigenvalue weighted by Crippen LogP contribution is -2.33. The smallest absolute Gasteiger partial charge is 0.136 e. The molecule has 0 aliphatic carbocycles. The van der Waals surface area contributed by atoms with Crippen molar-refractivity contribution >= 4 is 15.9 Å². The molecule has 1 saturated heterocycles. The molecule has 0 saturated carbocycles. The monoisotopic (exact) mass is 327 g/mol. The number of hydrogen-bond acceptors (Lipinski definition) is 3. The van der Waals surface area contributed by atoms with Crippen molar-refractivity contribution in [2.45, 2.75) is 26.3 Å². The second-order valence-corrected chi connectivity index (χ2v) is 6.14. The summed E-state index contributed by atoms with van der Waals surface area (Å²) in [5, 5.41) is 0. The van der Waals surface area contributed by atoms with Gasteiger partial charge in [0.05, 0.1) is 18.7 Å². The maximum atomic E-state index is 5.48. The van der Waals surface area contributed by atoms with Gasteiger partial charge in [0.15, 0.2) is 0 Å². The summed E-state index contributed by atoms with van der Waals surface area (Å²) < 4.78 is 11.8. The Balaban J connectivity index is 2.16. The lowest BCUT2D eigenvalue weighted by Gasteiger charge is -2.31. The molecular formula is C15H22BrNO2. The first-order chi connectivity index (χ1) is 9.13. The molecule has 0 aromatic heterocycles.